The molecule has 1 unspecified atom stereocenters. The van der Waals surface area contributed by atoms with Gasteiger partial charge in [-0.3, -0.25) is 5.84 Å². The maximum atomic E-state index is 14.2. The van der Waals surface area contributed by atoms with Gasteiger partial charge in [-0.05, 0) is 23.8 Å². The van der Waals surface area contributed by atoms with Gasteiger partial charge in [-0.15, -0.1) is 0 Å². The zero-order valence-corrected chi connectivity index (χ0v) is 12.0. The van der Waals surface area contributed by atoms with Gasteiger partial charge in [-0.25, -0.2) is 14.8 Å². The predicted molar refractivity (Wildman–Crippen MR) is 76.4 cm³/mol. The number of methoxy groups -OCH3 is 1. The van der Waals surface area contributed by atoms with Crippen LogP contribution in [0.2, 0.25) is 10.0 Å². The van der Waals surface area contributed by atoms with E-state index in [-0.39, 0.29) is 5.88 Å². The summed E-state index contributed by atoms with van der Waals surface area (Å²) in [6.45, 7) is 0. The van der Waals surface area contributed by atoms with E-state index in [1.165, 1.54) is 19.4 Å². The second kappa shape index (κ2) is 6.37. The quantitative estimate of drug-likeness (QED) is 0.672. The Hall–Kier alpha value is -1.40. The lowest BCUT2D eigenvalue weighted by Gasteiger charge is -2.18. The molecular weight excluding hydrogens is 304 g/mol. The molecule has 0 aliphatic heterocycles. The summed E-state index contributed by atoms with van der Waals surface area (Å²) in [7, 11) is 1.35. The molecule has 0 aliphatic rings. The van der Waals surface area contributed by atoms with Crippen LogP contribution >= 0.6 is 23.2 Å². The Morgan fingerprint density at radius 3 is 2.65 bits per heavy atom. The van der Waals surface area contributed by atoms with Gasteiger partial charge >= 0.3 is 0 Å². The molecule has 2 aromatic rings. The fourth-order valence-electron chi connectivity index (χ4n) is 1.86. The first-order chi connectivity index (χ1) is 9.58. The van der Waals surface area contributed by atoms with E-state index in [1.54, 1.807) is 18.2 Å². The van der Waals surface area contributed by atoms with Gasteiger partial charge in [0.15, 0.2) is 5.82 Å². The standard InChI is InChI=1S/C13H12Cl2FN3O/c1-20-13-11(16)8(4-5-18-13)12(19-17)7-2-3-9(14)10(15)6-7/h2-6,12,19H,17H2,1H3. The molecule has 1 atom stereocenters. The average Bonchev–Trinajstić information content (AvgIpc) is 2.45. The molecule has 0 aliphatic carbocycles. The Morgan fingerprint density at radius 1 is 1.30 bits per heavy atom. The van der Waals surface area contributed by atoms with Crippen LogP contribution in [0.25, 0.3) is 0 Å². The molecule has 0 saturated carbocycles. The zero-order chi connectivity index (χ0) is 14.7. The van der Waals surface area contributed by atoms with Gasteiger partial charge in [-0.1, -0.05) is 29.3 Å². The molecule has 3 N–H and O–H groups in total. The van der Waals surface area contributed by atoms with E-state index in [1.807, 2.05) is 0 Å². The van der Waals surface area contributed by atoms with Crippen molar-refractivity contribution in [2.75, 3.05) is 7.11 Å². The molecule has 0 saturated heterocycles. The third-order valence-electron chi connectivity index (χ3n) is 2.84. The Balaban J connectivity index is 2.49. The van der Waals surface area contributed by atoms with Crippen molar-refractivity contribution in [2.24, 2.45) is 5.84 Å². The summed E-state index contributed by atoms with van der Waals surface area (Å²) in [6, 6.07) is 5.89. The van der Waals surface area contributed by atoms with Crippen molar-refractivity contribution in [1.29, 1.82) is 0 Å². The molecule has 0 fully saturated rings. The maximum absolute atomic E-state index is 14.2. The van der Waals surface area contributed by atoms with Crippen LogP contribution < -0.4 is 16.0 Å². The maximum Gasteiger partial charge on any atom is 0.250 e. The molecule has 0 spiro atoms. The predicted octanol–water partition coefficient (Wildman–Crippen LogP) is 3.09. The van der Waals surface area contributed by atoms with E-state index >= 15 is 0 Å². The fourth-order valence-corrected chi connectivity index (χ4v) is 2.17. The van der Waals surface area contributed by atoms with Crippen LogP contribution in [0, 0.1) is 5.82 Å². The van der Waals surface area contributed by atoms with Crippen LogP contribution in [0.1, 0.15) is 17.2 Å². The van der Waals surface area contributed by atoms with Gasteiger partial charge in [0.25, 0.3) is 0 Å². The number of aromatic nitrogens is 1. The molecule has 1 aromatic carbocycles. The lowest BCUT2D eigenvalue weighted by atomic mass is 10.00. The number of hydrogen-bond acceptors (Lipinski definition) is 4. The van der Waals surface area contributed by atoms with Crippen molar-refractivity contribution in [1.82, 2.24) is 10.4 Å². The van der Waals surface area contributed by atoms with E-state index in [2.05, 4.69) is 10.4 Å². The van der Waals surface area contributed by atoms with Crippen molar-refractivity contribution in [2.45, 2.75) is 6.04 Å². The van der Waals surface area contributed by atoms with Gasteiger partial charge in [0.1, 0.15) is 0 Å². The topological polar surface area (TPSA) is 60.2 Å². The first-order valence-corrected chi connectivity index (χ1v) is 6.43. The summed E-state index contributed by atoms with van der Waals surface area (Å²) < 4.78 is 19.1. The molecule has 0 amide bonds. The number of ether oxygens (including phenoxy) is 1. The molecule has 2 rings (SSSR count). The minimum Gasteiger partial charge on any atom is -0.479 e. The highest BCUT2D eigenvalue weighted by atomic mass is 35.5. The van der Waals surface area contributed by atoms with E-state index in [9.17, 15) is 4.39 Å². The summed E-state index contributed by atoms with van der Waals surface area (Å²) >= 11 is 11.8. The SMILES string of the molecule is COc1nccc(C(NN)c2ccc(Cl)c(Cl)c2)c1F. The molecule has 0 bridgehead atoms. The number of halogens is 3. The number of benzene rings is 1. The molecule has 1 heterocycles. The highest BCUT2D eigenvalue weighted by Crippen LogP contribution is 2.31. The van der Waals surface area contributed by atoms with Crippen LogP contribution in [0.3, 0.4) is 0 Å². The van der Waals surface area contributed by atoms with E-state index < -0.39 is 11.9 Å². The number of nitrogens with one attached hydrogen (secondary N) is 1. The lowest BCUT2D eigenvalue weighted by molar-refractivity contribution is 0.364. The molecule has 1 aromatic heterocycles. The third kappa shape index (κ3) is 2.86. The van der Waals surface area contributed by atoms with E-state index in [0.29, 0.717) is 21.2 Å². The van der Waals surface area contributed by atoms with Crippen molar-refractivity contribution in [3.63, 3.8) is 0 Å². The number of rotatable bonds is 4. The fraction of sp³-hybridized carbons (Fsp3) is 0.154. The van der Waals surface area contributed by atoms with Crippen molar-refractivity contribution >= 4 is 23.2 Å². The Morgan fingerprint density at radius 2 is 2.05 bits per heavy atom. The van der Waals surface area contributed by atoms with Crippen molar-refractivity contribution in [3.05, 3.63) is 57.5 Å². The normalized spacial score (nSPS) is 12.2. The average molecular weight is 316 g/mol. The number of nitrogens with two attached hydrogens (primary N) is 1. The minimum atomic E-state index is -0.596. The summed E-state index contributed by atoms with van der Waals surface area (Å²) in [4.78, 5) is 3.79. The highest BCUT2D eigenvalue weighted by Gasteiger charge is 2.20. The number of hydrogen-bond donors (Lipinski definition) is 2. The first-order valence-electron chi connectivity index (χ1n) is 5.68. The van der Waals surface area contributed by atoms with Crippen molar-refractivity contribution in [3.8, 4) is 5.88 Å². The van der Waals surface area contributed by atoms with Crippen LogP contribution in [0.15, 0.2) is 30.5 Å². The second-order valence-corrected chi connectivity index (χ2v) is 4.81. The van der Waals surface area contributed by atoms with Crippen LogP contribution in [0.5, 0.6) is 5.88 Å². The highest BCUT2D eigenvalue weighted by molar-refractivity contribution is 6.42. The summed E-state index contributed by atoms with van der Waals surface area (Å²) in [5.74, 6) is 4.86. The van der Waals surface area contributed by atoms with Gasteiger partial charge in [-0.2, -0.15) is 0 Å². The molecule has 4 nitrogen and oxygen atoms in total. The number of hydrazine groups is 1. The van der Waals surface area contributed by atoms with Gasteiger partial charge < -0.3 is 4.74 Å². The third-order valence-corrected chi connectivity index (χ3v) is 3.57. The van der Waals surface area contributed by atoms with Gasteiger partial charge in [0.2, 0.25) is 5.88 Å². The van der Waals surface area contributed by atoms with Crippen LogP contribution in [-0.2, 0) is 0 Å². The molecule has 7 heteroatoms. The lowest BCUT2D eigenvalue weighted by Crippen LogP contribution is -2.29. The van der Waals surface area contributed by atoms with Crippen LogP contribution in [-0.4, -0.2) is 12.1 Å². The van der Waals surface area contributed by atoms with E-state index in [4.69, 9.17) is 33.8 Å². The zero-order valence-electron chi connectivity index (χ0n) is 10.5. The second-order valence-electron chi connectivity index (χ2n) is 4.00. The molecule has 0 radical (unpaired) electrons. The molecule has 106 valence electrons. The molecular formula is C13H12Cl2FN3O. The summed E-state index contributed by atoms with van der Waals surface area (Å²) in [6.07, 6.45) is 1.44. The molecule has 20 heavy (non-hydrogen) atoms. The van der Waals surface area contributed by atoms with Gasteiger partial charge in [0.05, 0.1) is 23.2 Å². The Kier molecular flexibility index (Phi) is 4.77. The summed E-state index contributed by atoms with van der Waals surface area (Å²) in [5, 5.41) is 0.782. The van der Waals surface area contributed by atoms with Crippen molar-refractivity contribution < 1.29 is 9.13 Å². The van der Waals surface area contributed by atoms with Crippen LogP contribution in [0.4, 0.5) is 4.39 Å². The van der Waals surface area contributed by atoms with Gasteiger partial charge in [0, 0.05) is 11.8 Å². The first kappa shape index (κ1) is 15.0. The minimum absolute atomic E-state index is 0.0946. The monoisotopic (exact) mass is 315 g/mol. The number of nitrogens with zero attached hydrogens (tertiary/aromatic N) is 1. The van der Waals surface area contributed by atoms with E-state index in [0.717, 1.165) is 0 Å². The largest absolute Gasteiger partial charge is 0.479 e. The Labute approximate surface area is 125 Å². The Bertz CT molecular complexity index is 625. The number of pyridine rings is 1. The summed E-state index contributed by atoms with van der Waals surface area (Å²) in [5.41, 5.74) is 3.53. The smallest absolute Gasteiger partial charge is 0.250 e.